The smallest absolute Gasteiger partial charge is 0.312 e. The van der Waals surface area contributed by atoms with Crippen LogP contribution in [-0.2, 0) is 4.79 Å². The molecule has 0 fully saturated rings. The number of aliphatic hydroxyl groups excluding tert-OH is 1. The minimum Gasteiger partial charge on any atom is -0.394 e. The number of nitrogens with two attached hydrogens (primary N) is 1. The third kappa shape index (κ3) is 4.97. The standard InChI is InChI=1S/C10H21N3O3/c1-6(2)7(12-9(11)16)8(15)13-10(3,4)5-14/h6-7,14H,5H2,1-4H3,(H,13,15)(H3,11,12,16). The minimum atomic E-state index is -0.740. The van der Waals surface area contributed by atoms with Gasteiger partial charge in [0.2, 0.25) is 5.91 Å². The zero-order valence-corrected chi connectivity index (χ0v) is 10.2. The summed E-state index contributed by atoms with van der Waals surface area (Å²) in [5, 5.41) is 14.0. The van der Waals surface area contributed by atoms with Gasteiger partial charge >= 0.3 is 6.03 Å². The van der Waals surface area contributed by atoms with Gasteiger partial charge < -0.3 is 21.5 Å². The molecule has 0 heterocycles. The van der Waals surface area contributed by atoms with E-state index in [1.807, 2.05) is 0 Å². The number of hydrogen-bond donors (Lipinski definition) is 4. The van der Waals surface area contributed by atoms with Crippen LogP contribution in [0.3, 0.4) is 0 Å². The summed E-state index contributed by atoms with van der Waals surface area (Å²) >= 11 is 0. The molecule has 0 bridgehead atoms. The average Bonchev–Trinajstić information content (AvgIpc) is 2.12. The van der Waals surface area contributed by atoms with Gasteiger partial charge in [-0.25, -0.2) is 4.79 Å². The van der Waals surface area contributed by atoms with E-state index in [1.54, 1.807) is 27.7 Å². The van der Waals surface area contributed by atoms with Gasteiger partial charge in [-0.3, -0.25) is 4.79 Å². The molecule has 0 aliphatic carbocycles. The highest BCUT2D eigenvalue weighted by atomic mass is 16.3. The molecular formula is C10H21N3O3. The van der Waals surface area contributed by atoms with Crippen molar-refractivity contribution in [2.75, 3.05) is 6.61 Å². The molecule has 0 rings (SSSR count). The number of urea groups is 1. The van der Waals surface area contributed by atoms with Crippen molar-refractivity contribution in [3.8, 4) is 0 Å². The molecule has 3 amide bonds. The number of carbonyl (C=O) groups is 2. The molecule has 94 valence electrons. The van der Waals surface area contributed by atoms with Crippen molar-refractivity contribution in [2.24, 2.45) is 11.7 Å². The Balaban J connectivity index is 4.57. The van der Waals surface area contributed by atoms with Crippen LogP contribution in [0.5, 0.6) is 0 Å². The fourth-order valence-electron chi connectivity index (χ4n) is 1.14. The molecule has 16 heavy (non-hydrogen) atoms. The van der Waals surface area contributed by atoms with E-state index in [2.05, 4.69) is 10.6 Å². The second-order valence-corrected chi connectivity index (χ2v) is 4.76. The lowest BCUT2D eigenvalue weighted by Crippen LogP contribution is -2.57. The van der Waals surface area contributed by atoms with Gasteiger partial charge in [0, 0.05) is 0 Å². The van der Waals surface area contributed by atoms with E-state index in [1.165, 1.54) is 0 Å². The summed E-state index contributed by atoms with van der Waals surface area (Å²) in [7, 11) is 0. The zero-order valence-electron chi connectivity index (χ0n) is 10.2. The summed E-state index contributed by atoms with van der Waals surface area (Å²) in [6.07, 6.45) is 0. The van der Waals surface area contributed by atoms with Gasteiger partial charge in [-0.05, 0) is 19.8 Å². The molecule has 0 aliphatic rings. The van der Waals surface area contributed by atoms with Crippen LogP contribution in [0, 0.1) is 5.92 Å². The molecule has 0 radical (unpaired) electrons. The Morgan fingerprint density at radius 3 is 2.19 bits per heavy atom. The van der Waals surface area contributed by atoms with E-state index in [0.29, 0.717) is 0 Å². The molecule has 6 heteroatoms. The normalized spacial score (nSPS) is 13.4. The summed E-state index contributed by atoms with van der Waals surface area (Å²) in [6, 6.07) is -1.43. The summed E-state index contributed by atoms with van der Waals surface area (Å²) in [6.45, 7) is 6.79. The number of carbonyl (C=O) groups excluding carboxylic acids is 2. The van der Waals surface area contributed by atoms with Crippen molar-refractivity contribution >= 4 is 11.9 Å². The highest BCUT2D eigenvalue weighted by molar-refractivity contribution is 5.87. The van der Waals surface area contributed by atoms with Gasteiger partial charge in [-0.2, -0.15) is 0 Å². The largest absolute Gasteiger partial charge is 0.394 e. The van der Waals surface area contributed by atoms with Crippen molar-refractivity contribution in [1.29, 1.82) is 0 Å². The fraction of sp³-hybridized carbons (Fsp3) is 0.800. The van der Waals surface area contributed by atoms with Crippen molar-refractivity contribution in [1.82, 2.24) is 10.6 Å². The van der Waals surface area contributed by atoms with Crippen LogP contribution in [0.4, 0.5) is 4.79 Å². The fourth-order valence-corrected chi connectivity index (χ4v) is 1.14. The van der Waals surface area contributed by atoms with Gasteiger partial charge in [0.25, 0.3) is 0 Å². The average molecular weight is 231 g/mol. The zero-order chi connectivity index (χ0) is 12.9. The Bertz CT molecular complexity index is 264. The van der Waals surface area contributed by atoms with Gasteiger partial charge in [0.05, 0.1) is 12.1 Å². The Morgan fingerprint density at radius 1 is 1.38 bits per heavy atom. The second-order valence-electron chi connectivity index (χ2n) is 4.76. The molecule has 0 saturated heterocycles. The van der Waals surface area contributed by atoms with Crippen LogP contribution in [0.2, 0.25) is 0 Å². The molecule has 1 unspecified atom stereocenters. The van der Waals surface area contributed by atoms with Crippen molar-refractivity contribution < 1.29 is 14.7 Å². The number of rotatable bonds is 5. The third-order valence-corrected chi connectivity index (χ3v) is 2.10. The molecule has 0 saturated carbocycles. The summed E-state index contributed by atoms with van der Waals surface area (Å²) < 4.78 is 0. The quantitative estimate of drug-likeness (QED) is 0.516. The predicted octanol–water partition coefficient (Wildman–Crippen LogP) is -0.434. The highest BCUT2D eigenvalue weighted by Crippen LogP contribution is 2.06. The Morgan fingerprint density at radius 2 is 1.88 bits per heavy atom. The molecule has 0 aliphatic heterocycles. The van der Waals surface area contributed by atoms with E-state index < -0.39 is 17.6 Å². The predicted molar refractivity (Wildman–Crippen MR) is 60.7 cm³/mol. The SMILES string of the molecule is CC(C)C(NC(N)=O)C(=O)NC(C)(C)CO. The monoisotopic (exact) mass is 231 g/mol. The van der Waals surface area contributed by atoms with Gasteiger partial charge in [-0.15, -0.1) is 0 Å². The molecule has 0 aromatic heterocycles. The lowest BCUT2D eigenvalue weighted by molar-refractivity contribution is -0.126. The number of primary amides is 1. The molecular weight excluding hydrogens is 210 g/mol. The topological polar surface area (TPSA) is 104 Å². The molecule has 6 nitrogen and oxygen atoms in total. The van der Waals surface area contributed by atoms with E-state index in [4.69, 9.17) is 10.8 Å². The number of nitrogens with one attached hydrogen (secondary N) is 2. The minimum absolute atomic E-state index is 0.0815. The van der Waals surface area contributed by atoms with Gasteiger partial charge in [-0.1, -0.05) is 13.8 Å². The van der Waals surface area contributed by atoms with E-state index in [-0.39, 0.29) is 18.4 Å². The van der Waals surface area contributed by atoms with Gasteiger partial charge in [0.15, 0.2) is 0 Å². The maximum absolute atomic E-state index is 11.8. The molecule has 0 aromatic carbocycles. The maximum atomic E-state index is 11.8. The Hall–Kier alpha value is -1.30. The van der Waals surface area contributed by atoms with E-state index in [0.717, 1.165) is 0 Å². The van der Waals surface area contributed by atoms with Crippen LogP contribution >= 0.6 is 0 Å². The first-order valence-corrected chi connectivity index (χ1v) is 5.18. The van der Waals surface area contributed by atoms with Crippen LogP contribution < -0.4 is 16.4 Å². The first-order valence-electron chi connectivity index (χ1n) is 5.18. The first-order chi connectivity index (χ1) is 7.19. The van der Waals surface area contributed by atoms with Crippen LogP contribution in [-0.4, -0.2) is 35.2 Å². The summed E-state index contributed by atoms with van der Waals surface area (Å²) in [5.41, 5.74) is 4.27. The van der Waals surface area contributed by atoms with E-state index >= 15 is 0 Å². The van der Waals surface area contributed by atoms with Crippen LogP contribution in [0.15, 0.2) is 0 Å². The van der Waals surface area contributed by atoms with Gasteiger partial charge in [0.1, 0.15) is 6.04 Å². The van der Waals surface area contributed by atoms with Crippen molar-refractivity contribution in [2.45, 2.75) is 39.3 Å². The third-order valence-electron chi connectivity index (χ3n) is 2.10. The highest BCUT2D eigenvalue weighted by Gasteiger charge is 2.28. The molecule has 5 N–H and O–H groups in total. The maximum Gasteiger partial charge on any atom is 0.312 e. The number of amides is 3. The molecule has 0 spiro atoms. The Labute approximate surface area is 95.6 Å². The lowest BCUT2D eigenvalue weighted by atomic mass is 10.0. The lowest BCUT2D eigenvalue weighted by Gasteiger charge is -2.28. The number of hydrogen-bond acceptors (Lipinski definition) is 3. The Kier molecular flexibility index (Phi) is 5.23. The van der Waals surface area contributed by atoms with E-state index in [9.17, 15) is 9.59 Å². The summed E-state index contributed by atoms with van der Waals surface area (Å²) in [4.78, 5) is 22.5. The summed E-state index contributed by atoms with van der Waals surface area (Å²) in [5.74, 6) is -0.435. The second kappa shape index (κ2) is 5.69. The van der Waals surface area contributed by atoms with Crippen LogP contribution in [0.25, 0.3) is 0 Å². The molecule has 0 aromatic rings. The van der Waals surface area contributed by atoms with Crippen molar-refractivity contribution in [3.63, 3.8) is 0 Å². The molecule has 1 atom stereocenters. The number of aliphatic hydroxyl groups is 1. The first kappa shape index (κ1) is 14.7. The van der Waals surface area contributed by atoms with Crippen molar-refractivity contribution in [3.05, 3.63) is 0 Å². The van der Waals surface area contributed by atoms with Crippen LogP contribution in [0.1, 0.15) is 27.7 Å².